The van der Waals surface area contributed by atoms with Crippen LogP contribution in [0.3, 0.4) is 0 Å². The fourth-order valence-corrected chi connectivity index (χ4v) is 3.21. The third-order valence-corrected chi connectivity index (χ3v) is 5.18. The van der Waals surface area contributed by atoms with Crippen LogP contribution in [0, 0.1) is 5.82 Å². The van der Waals surface area contributed by atoms with Crippen molar-refractivity contribution in [2.24, 2.45) is 0 Å². The van der Waals surface area contributed by atoms with Gasteiger partial charge >= 0.3 is 6.18 Å². The summed E-state index contributed by atoms with van der Waals surface area (Å²) in [5.74, 6) is -1.51. The third kappa shape index (κ3) is 3.70. The number of carbonyl (C=O) groups excluding carboxylic acids is 1. The standard InChI is InChI=1S/C12H10ClF4NO3S/c13-22(20,21)9-4-11(19)18(6-9)5-7-3-8(12(15,16)17)1-2-10(7)14/h1-3,9H,4-6H2. The van der Waals surface area contributed by atoms with Crippen LogP contribution in [-0.2, 0) is 26.6 Å². The second-order valence-electron chi connectivity index (χ2n) is 4.88. The molecular weight excluding hydrogens is 350 g/mol. The Morgan fingerprint density at radius 2 is 1.95 bits per heavy atom. The molecule has 0 bridgehead atoms. The molecule has 1 saturated heterocycles. The van der Waals surface area contributed by atoms with Crippen molar-refractivity contribution in [2.75, 3.05) is 6.54 Å². The van der Waals surface area contributed by atoms with Crippen LogP contribution < -0.4 is 0 Å². The molecule has 0 spiro atoms. The van der Waals surface area contributed by atoms with Gasteiger partial charge in [0.15, 0.2) is 0 Å². The van der Waals surface area contributed by atoms with Gasteiger partial charge in [0, 0.05) is 35.8 Å². The number of rotatable bonds is 3. The van der Waals surface area contributed by atoms with E-state index in [2.05, 4.69) is 0 Å². The zero-order chi connectivity index (χ0) is 16.7. The maximum Gasteiger partial charge on any atom is 0.416 e. The Hall–Kier alpha value is -1.35. The van der Waals surface area contributed by atoms with Gasteiger partial charge in [0.2, 0.25) is 15.0 Å². The lowest BCUT2D eigenvalue weighted by atomic mass is 10.1. The molecule has 22 heavy (non-hydrogen) atoms. The maximum absolute atomic E-state index is 13.6. The molecule has 1 aliphatic rings. The predicted octanol–water partition coefficient (Wildman–Crippen LogP) is 2.51. The summed E-state index contributed by atoms with van der Waals surface area (Å²) in [6.45, 7) is -0.724. The van der Waals surface area contributed by atoms with Crippen molar-refractivity contribution in [2.45, 2.75) is 24.4 Å². The van der Waals surface area contributed by atoms with Crippen LogP contribution in [0.1, 0.15) is 17.5 Å². The molecule has 1 heterocycles. The SMILES string of the molecule is O=C1CC(S(=O)(=O)Cl)CN1Cc1cc(C(F)(F)F)ccc1F. The van der Waals surface area contributed by atoms with E-state index < -0.39 is 44.3 Å². The molecule has 10 heteroatoms. The quantitative estimate of drug-likeness (QED) is 0.615. The number of hydrogen-bond acceptors (Lipinski definition) is 3. The Balaban J connectivity index is 2.23. The van der Waals surface area contributed by atoms with Gasteiger partial charge in [0.25, 0.3) is 0 Å². The summed E-state index contributed by atoms with van der Waals surface area (Å²) in [5, 5.41) is -1.14. The average molecular weight is 360 g/mol. The Morgan fingerprint density at radius 3 is 2.45 bits per heavy atom. The van der Waals surface area contributed by atoms with E-state index in [0.29, 0.717) is 18.2 Å². The van der Waals surface area contributed by atoms with Gasteiger partial charge in [-0.1, -0.05) is 0 Å². The van der Waals surface area contributed by atoms with Crippen LogP contribution >= 0.6 is 10.7 Å². The minimum absolute atomic E-state index is 0.277. The van der Waals surface area contributed by atoms with Crippen molar-refractivity contribution in [3.8, 4) is 0 Å². The first-order valence-corrected chi connectivity index (χ1v) is 8.42. The molecule has 0 saturated carbocycles. The predicted molar refractivity (Wildman–Crippen MR) is 70.0 cm³/mol. The minimum atomic E-state index is -4.64. The summed E-state index contributed by atoms with van der Waals surface area (Å²) in [4.78, 5) is 12.7. The van der Waals surface area contributed by atoms with Crippen LogP contribution in [0.4, 0.5) is 17.6 Å². The van der Waals surface area contributed by atoms with E-state index >= 15 is 0 Å². The fourth-order valence-electron chi connectivity index (χ4n) is 2.16. The molecule has 1 aliphatic heterocycles. The van der Waals surface area contributed by atoms with E-state index in [0.717, 1.165) is 4.90 Å². The van der Waals surface area contributed by atoms with Crippen LogP contribution in [0.2, 0.25) is 0 Å². The highest BCUT2D eigenvalue weighted by Gasteiger charge is 2.38. The average Bonchev–Trinajstić information content (AvgIpc) is 2.72. The van der Waals surface area contributed by atoms with Gasteiger partial charge in [0.1, 0.15) is 11.1 Å². The molecule has 1 fully saturated rings. The second kappa shape index (κ2) is 5.69. The van der Waals surface area contributed by atoms with Gasteiger partial charge in [-0.3, -0.25) is 4.79 Å². The number of benzene rings is 1. The molecular formula is C12H10ClF4NO3S. The van der Waals surface area contributed by atoms with Crippen molar-refractivity contribution in [3.05, 3.63) is 35.1 Å². The topological polar surface area (TPSA) is 54.5 Å². The van der Waals surface area contributed by atoms with Gasteiger partial charge in [-0.15, -0.1) is 0 Å². The molecule has 1 aromatic carbocycles. The van der Waals surface area contributed by atoms with Crippen molar-refractivity contribution in [1.82, 2.24) is 4.90 Å². The maximum atomic E-state index is 13.6. The Labute approximate surface area is 128 Å². The molecule has 1 unspecified atom stereocenters. The monoisotopic (exact) mass is 359 g/mol. The van der Waals surface area contributed by atoms with E-state index in [1.54, 1.807) is 0 Å². The van der Waals surface area contributed by atoms with Gasteiger partial charge in [-0.05, 0) is 18.2 Å². The molecule has 1 aromatic rings. The lowest BCUT2D eigenvalue weighted by molar-refractivity contribution is -0.137. The van der Waals surface area contributed by atoms with Crippen molar-refractivity contribution in [1.29, 1.82) is 0 Å². The van der Waals surface area contributed by atoms with Crippen LogP contribution in [0.25, 0.3) is 0 Å². The van der Waals surface area contributed by atoms with Gasteiger partial charge in [-0.2, -0.15) is 13.2 Å². The smallest absolute Gasteiger partial charge is 0.337 e. The molecule has 2 rings (SSSR count). The lowest BCUT2D eigenvalue weighted by Crippen LogP contribution is -2.27. The van der Waals surface area contributed by atoms with Crippen molar-refractivity contribution >= 4 is 25.6 Å². The summed E-state index contributed by atoms with van der Waals surface area (Å²) >= 11 is 0. The van der Waals surface area contributed by atoms with E-state index in [1.165, 1.54) is 0 Å². The van der Waals surface area contributed by atoms with E-state index in [1.807, 2.05) is 0 Å². The summed E-state index contributed by atoms with van der Waals surface area (Å²) in [6.07, 6.45) is -5.01. The number of likely N-dealkylation sites (tertiary alicyclic amines) is 1. The highest BCUT2D eigenvalue weighted by atomic mass is 35.7. The van der Waals surface area contributed by atoms with E-state index in [4.69, 9.17) is 10.7 Å². The molecule has 4 nitrogen and oxygen atoms in total. The first kappa shape index (κ1) is 17.0. The van der Waals surface area contributed by atoms with Crippen LogP contribution in [0.15, 0.2) is 18.2 Å². The summed E-state index contributed by atoms with van der Waals surface area (Å²) in [6, 6.07) is 1.86. The molecule has 0 aliphatic carbocycles. The van der Waals surface area contributed by atoms with Gasteiger partial charge in [0.05, 0.1) is 5.56 Å². The molecule has 0 aromatic heterocycles. The second-order valence-corrected chi connectivity index (χ2v) is 7.79. The van der Waals surface area contributed by atoms with Crippen molar-refractivity contribution in [3.63, 3.8) is 0 Å². The fraction of sp³-hybridized carbons (Fsp3) is 0.417. The molecule has 1 amide bonds. The van der Waals surface area contributed by atoms with Gasteiger partial charge in [-0.25, -0.2) is 12.8 Å². The number of hydrogen-bond donors (Lipinski definition) is 0. The molecule has 122 valence electrons. The Kier molecular flexibility index (Phi) is 4.40. The highest BCUT2D eigenvalue weighted by molar-refractivity contribution is 8.14. The molecule has 0 radical (unpaired) electrons. The lowest BCUT2D eigenvalue weighted by Gasteiger charge is -2.17. The Bertz CT molecular complexity index is 705. The third-order valence-electron chi connectivity index (χ3n) is 3.31. The van der Waals surface area contributed by atoms with Crippen molar-refractivity contribution < 1.29 is 30.8 Å². The number of alkyl halides is 3. The van der Waals surface area contributed by atoms with E-state index in [9.17, 15) is 30.8 Å². The summed E-state index contributed by atoms with van der Waals surface area (Å²) in [7, 11) is 1.19. The van der Waals surface area contributed by atoms with Gasteiger partial charge < -0.3 is 4.90 Å². The van der Waals surface area contributed by atoms with Crippen LogP contribution in [-0.4, -0.2) is 31.0 Å². The largest absolute Gasteiger partial charge is 0.416 e. The minimum Gasteiger partial charge on any atom is -0.337 e. The normalized spacial score (nSPS) is 19.8. The molecule has 0 N–H and O–H groups in total. The zero-order valence-corrected chi connectivity index (χ0v) is 12.5. The number of amides is 1. The number of carbonyl (C=O) groups is 1. The van der Waals surface area contributed by atoms with Crippen LogP contribution in [0.5, 0.6) is 0 Å². The zero-order valence-electron chi connectivity index (χ0n) is 10.9. The Morgan fingerprint density at radius 1 is 1.32 bits per heavy atom. The highest BCUT2D eigenvalue weighted by Crippen LogP contribution is 2.31. The molecule has 1 atom stereocenters. The number of nitrogens with zero attached hydrogens (tertiary/aromatic N) is 1. The summed E-state index contributed by atoms with van der Waals surface area (Å²) < 4.78 is 73.8. The first-order valence-electron chi connectivity index (χ1n) is 6.05. The summed E-state index contributed by atoms with van der Waals surface area (Å²) in [5.41, 5.74) is -1.38. The van der Waals surface area contributed by atoms with E-state index in [-0.39, 0.29) is 18.5 Å². The number of halogens is 5. The first-order chi connectivity index (χ1) is 9.98.